The number of aromatic nitrogens is 3. The van der Waals surface area contributed by atoms with Crippen molar-refractivity contribution in [1.29, 1.82) is 0 Å². The number of fused-ring (bicyclic) bond motifs is 1. The molecule has 206 valence electrons. The van der Waals surface area contributed by atoms with E-state index in [4.69, 9.17) is 9.47 Å². The Morgan fingerprint density at radius 2 is 1.97 bits per heavy atom. The maximum atomic E-state index is 13.5. The normalized spacial score (nSPS) is 23.3. The summed E-state index contributed by atoms with van der Waals surface area (Å²) < 4.78 is 13.2. The topological polar surface area (TPSA) is 83.6 Å². The fraction of sp³-hybridized carbons (Fsp3) is 0.750. The van der Waals surface area contributed by atoms with Gasteiger partial charge in [-0.3, -0.25) is 14.9 Å². The molecule has 4 heterocycles. The zero-order valence-electron chi connectivity index (χ0n) is 23.8. The summed E-state index contributed by atoms with van der Waals surface area (Å²) in [6, 6.07) is 2.13. The number of carbonyl (C=O) groups is 1. The van der Waals surface area contributed by atoms with E-state index in [1.165, 1.54) is 5.56 Å². The highest BCUT2D eigenvalue weighted by atomic mass is 79.9. The first kappa shape index (κ1) is 28.3. The van der Waals surface area contributed by atoms with Gasteiger partial charge in [0, 0.05) is 30.6 Å². The van der Waals surface area contributed by atoms with Crippen LogP contribution in [0.5, 0.6) is 0 Å². The van der Waals surface area contributed by atoms with E-state index in [0.29, 0.717) is 6.54 Å². The van der Waals surface area contributed by atoms with Gasteiger partial charge in [0.05, 0.1) is 23.4 Å². The van der Waals surface area contributed by atoms with Crippen molar-refractivity contribution in [3.05, 3.63) is 21.9 Å². The van der Waals surface area contributed by atoms with Gasteiger partial charge in [0.15, 0.2) is 5.65 Å². The molecule has 8 nitrogen and oxygen atoms in total. The molecule has 0 saturated carbocycles. The number of aromatic amines is 1. The first-order valence-corrected chi connectivity index (χ1v) is 14.5. The van der Waals surface area contributed by atoms with Gasteiger partial charge < -0.3 is 9.47 Å². The summed E-state index contributed by atoms with van der Waals surface area (Å²) in [4.78, 5) is 22.8. The molecule has 2 atom stereocenters. The second-order valence-electron chi connectivity index (χ2n) is 12.4. The zero-order chi connectivity index (χ0) is 27.2. The molecular weight excluding hydrogens is 534 g/mol. The molecule has 1 amide bonds. The number of halogens is 1. The number of pyridine rings is 1. The van der Waals surface area contributed by atoms with Crippen LogP contribution in [0.25, 0.3) is 11.0 Å². The molecular formula is C28H44BrN5O3. The quantitative estimate of drug-likeness (QED) is 0.407. The van der Waals surface area contributed by atoms with E-state index >= 15 is 0 Å². The minimum absolute atomic E-state index is 0.00772. The van der Waals surface area contributed by atoms with Gasteiger partial charge in [-0.15, -0.1) is 0 Å². The van der Waals surface area contributed by atoms with E-state index in [0.717, 1.165) is 66.6 Å². The molecule has 0 aromatic carbocycles. The highest BCUT2D eigenvalue weighted by Gasteiger charge is 2.53. The Bertz CT molecular complexity index is 1110. The van der Waals surface area contributed by atoms with Crippen LogP contribution in [0, 0.1) is 6.92 Å². The summed E-state index contributed by atoms with van der Waals surface area (Å²) in [7, 11) is 0. The van der Waals surface area contributed by atoms with Crippen LogP contribution in [0.1, 0.15) is 97.9 Å². The van der Waals surface area contributed by atoms with Crippen LogP contribution >= 0.6 is 15.9 Å². The second-order valence-corrected chi connectivity index (χ2v) is 13.2. The summed E-state index contributed by atoms with van der Waals surface area (Å²) >= 11 is 3.66. The Balaban J connectivity index is 1.84. The van der Waals surface area contributed by atoms with Gasteiger partial charge in [-0.05, 0) is 101 Å². The van der Waals surface area contributed by atoms with Gasteiger partial charge >= 0.3 is 6.09 Å². The van der Waals surface area contributed by atoms with Crippen LogP contribution in [0.15, 0.2) is 10.7 Å². The summed E-state index contributed by atoms with van der Waals surface area (Å²) in [5, 5.41) is 8.67. The zero-order valence-corrected chi connectivity index (χ0v) is 25.4. The minimum atomic E-state index is -0.544. The van der Waals surface area contributed by atoms with Crippen molar-refractivity contribution in [2.75, 3.05) is 19.7 Å². The third-order valence-corrected chi connectivity index (χ3v) is 8.63. The number of amides is 1. The van der Waals surface area contributed by atoms with Crippen molar-refractivity contribution in [2.24, 2.45) is 0 Å². The number of hydrogen-bond acceptors (Lipinski definition) is 6. The number of piperazine rings is 1. The lowest BCUT2D eigenvalue weighted by molar-refractivity contribution is -0.129. The average molecular weight is 579 g/mol. The van der Waals surface area contributed by atoms with Crippen LogP contribution in [0.2, 0.25) is 0 Å². The molecule has 0 bridgehead atoms. The van der Waals surface area contributed by atoms with Gasteiger partial charge in [0.1, 0.15) is 10.2 Å². The van der Waals surface area contributed by atoms with Crippen LogP contribution in [0.4, 0.5) is 4.79 Å². The van der Waals surface area contributed by atoms with Crippen molar-refractivity contribution < 1.29 is 14.3 Å². The molecule has 1 N–H and O–H groups in total. The lowest BCUT2D eigenvalue weighted by Crippen LogP contribution is -2.71. The van der Waals surface area contributed by atoms with Crippen LogP contribution in [-0.2, 0) is 9.47 Å². The van der Waals surface area contributed by atoms with Gasteiger partial charge in [-0.2, -0.15) is 5.10 Å². The molecule has 4 rings (SSSR count). The standard InChI is InChI=1S/C28H44BrN5O3/c1-9-28(10-2)17-33(27(7,8)16-34(28)25(35)37-26(4,5)6)23(20-13-11-12-14-36-20)19-15-21(29)30-24-22(19)18(3)31-32-24/h15,20,23H,9-14,16-17H2,1-8H3,(H,30,31,32). The number of rotatable bonds is 5. The maximum absolute atomic E-state index is 13.5. The lowest BCUT2D eigenvalue weighted by atomic mass is 9.79. The van der Waals surface area contributed by atoms with Crippen molar-refractivity contribution in [1.82, 2.24) is 25.0 Å². The van der Waals surface area contributed by atoms with E-state index in [9.17, 15) is 4.79 Å². The molecule has 9 heteroatoms. The van der Waals surface area contributed by atoms with Crippen LogP contribution in [0.3, 0.4) is 0 Å². The number of aryl methyl sites for hydroxylation is 1. The monoisotopic (exact) mass is 577 g/mol. The number of H-pyrrole nitrogens is 1. The highest BCUT2D eigenvalue weighted by molar-refractivity contribution is 9.10. The van der Waals surface area contributed by atoms with Gasteiger partial charge in [0.25, 0.3) is 0 Å². The van der Waals surface area contributed by atoms with Crippen molar-refractivity contribution in [2.45, 2.75) is 116 Å². The van der Waals surface area contributed by atoms with Crippen molar-refractivity contribution in [3.8, 4) is 0 Å². The number of ether oxygens (including phenoxy) is 2. The fourth-order valence-corrected chi connectivity index (χ4v) is 6.59. The summed E-state index contributed by atoms with van der Waals surface area (Å²) in [6.07, 6.45) is 4.73. The first-order valence-electron chi connectivity index (χ1n) is 13.7. The van der Waals surface area contributed by atoms with Gasteiger partial charge in [-0.25, -0.2) is 9.78 Å². The summed E-state index contributed by atoms with van der Waals surface area (Å²) in [5.74, 6) is 0. The largest absolute Gasteiger partial charge is 0.444 e. The third kappa shape index (κ3) is 5.55. The number of nitrogens with one attached hydrogen (secondary N) is 1. The summed E-state index contributed by atoms with van der Waals surface area (Å²) in [5.41, 5.74) is 1.68. The van der Waals surface area contributed by atoms with Gasteiger partial charge in [0.2, 0.25) is 0 Å². The molecule has 2 aromatic heterocycles. The van der Waals surface area contributed by atoms with E-state index < -0.39 is 5.60 Å². The third-order valence-electron chi connectivity index (χ3n) is 8.22. The van der Waals surface area contributed by atoms with Crippen LogP contribution < -0.4 is 0 Å². The predicted octanol–water partition coefficient (Wildman–Crippen LogP) is 6.53. The Morgan fingerprint density at radius 1 is 1.27 bits per heavy atom. The number of nitrogens with zero attached hydrogens (tertiary/aromatic N) is 4. The molecule has 2 aliphatic heterocycles. The predicted molar refractivity (Wildman–Crippen MR) is 150 cm³/mol. The second kappa shape index (κ2) is 10.5. The van der Waals surface area contributed by atoms with Crippen LogP contribution in [-0.4, -0.2) is 73.6 Å². The van der Waals surface area contributed by atoms with Crippen molar-refractivity contribution >= 4 is 33.1 Å². The highest BCUT2D eigenvalue weighted by Crippen LogP contribution is 2.45. The number of carbonyl (C=O) groups excluding carboxylic acids is 1. The molecule has 2 saturated heterocycles. The Labute approximate surface area is 230 Å². The lowest BCUT2D eigenvalue weighted by Gasteiger charge is -2.59. The van der Waals surface area contributed by atoms with E-state index in [1.54, 1.807) is 0 Å². The molecule has 0 aliphatic carbocycles. The summed E-state index contributed by atoms with van der Waals surface area (Å²) in [6.45, 7) is 18.8. The van der Waals surface area contributed by atoms with E-state index in [2.05, 4.69) is 69.8 Å². The SMILES string of the molecule is CCC1(CC)CN(C(c2cc(Br)nc3[nH]nc(C)c23)C2CCCCO2)C(C)(C)CN1C(=O)OC(C)(C)C. The smallest absolute Gasteiger partial charge is 0.410 e. The maximum Gasteiger partial charge on any atom is 0.410 e. The van der Waals surface area contributed by atoms with Gasteiger partial charge in [-0.1, -0.05) is 13.8 Å². The van der Waals surface area contributed by atoms with Crippen molar-refractivity contribution in [3.63, 3.8) is 0 Å². The molecule has 2 aliphatic rings. The Hall–Kier alpha value is -1.71. The fourth-order valence-electron chi connectivity index (χ4n) is 6.17. The molecule has 2 aromatic rings. The molecule has 0 radical (unpaired) electrons. The Kier molecular flexibility index (Phi) is 8.00. The minimum Gasteiger partial charge on any atom is -0.444 e. The van der Waals surface area contributed by atoms with E-state index in [-0.39, 0.29) is 29.3 Å². The molecule has 0 spiro atoms. The molecule has 37 heavy (non-hydrogen) atoms. The van der Waals surface area contributed by atoms with E-state index in [1.807, 2.05) is 32.6 Å². The molecule has 2 fully saturated rings. The molecule has 2 unspecified atom stereocenters. The Morgan fingerprint density at radius 3 is 2.57 bits per heavy atom. The number of hydrogen-bond donors (Lipinski definition) is 1. The average Bonchev–Trinajstić information content (AvgIpc) is 3.20. The first-order chi connectivity index (χ1) is 17.3.